The van der Waals surface area contributed by atoms with Crippen LogP contribution >= 0.6 is 11.6 Å². The quantitative estimate of drug-likeness (QED) is 0.909. The van der Waals surface area contributed by atoms with E-state index in [1.807, 2.05) is 0 Å². The fourth-order valence-electron chi connectivity index (χ4n) is 1.27. The number of aliphatic hydroxyl groups excluding tert-OH is 1. The van der Waals surface area contributed by atoms with Crippen LogP contribution in [-0.2, 0) is 9.84 Å². The molecule has 0 saturated carbocycles. The number of sulfone groups is 1. The third kappa shape index (κ3) is 2.39. The van der Waals surface area contributed by atoms with Gasteiger partial charge in [-0.1, -0.05) is 29.8 Å². The third-order valence-electron chi connectivity index (χ3n) is 2.81. The van der Waals surface area contributed by atoms with E-state index >= 15 is 0 Å². The summed E-state index contributed by atoms with van der Waals surface area (Å²) in [6.07, 6.45) is -0.0382. The Bertz CT molecular complexity index is 480. The Morgan fingerprint density at radius 3 is 2.25 bits per heavy atom. The molecule has 0 amide bonds. The van der Waals surface area contributed by atoms with Crippen LogP contribution in [0.15, 0.2) is 24.3 Å². The SMILES string of the molecule is CC(C)(C(O)c1ccccc1Cl)S(C)(=O)=O. The summed E-state index contributed by atoms with van der Waals surface area (Å²) in [5.74, 6) is 0. The summed E-state index contributed by atoms with van der Waals surface area (Å²) < 4.78 is 21.9. The minimum absolute atomic E-state index is 0.367. The van der Waals surface area contributed by atoms with Crippen LogP contribution in [0.3, 0.4) is 0 Å². The Morgan fingerprint density at radius 2 is 1.81 bits per heavy atom. The maximum Gasteiger partial charge on any atom is 0.155 e. The second-order valence-electron chi connectivity index (χ2n) is 4.30. The topological polar surface area (TPSA) is 54.4 Å². The Morgan fingerprint density at radius 1 is 1.31 bits per heavy atom. The van der Waals surface area contributed by atoms with Crippen molar-refractivity contribution in [3.63, 3.8) is 0 Å². The second kappa shape index (κ2) is 4.35. The lowest BCUT2D eigenvalue weighted by Gasteiger charge is -2.29. The number of halogens is 1. The van der Waals surface area contributed by atoms with E-state index in [2.05, 4.69) is 0 Å². The molecule has 0 aromatic heterocycles. The molecule has 1 aromatic rings. The lowest BCUT2D eigenvalue weighted by atomic mass is 9.98. The molecule has 0 aliphatic rings. The molecule has 0 saturated heterocycles. The van der Waals surface area contributed by atoms with Gasteiger partial charge >= 0.3 is 0 Å². The molecule has 16 heavy (non-hydrogen) atoms. The lowest BCUT2D eigenvalue weighted by molar-refractivity contribution is 0.139. The van der Waals surface area contributed by atoms with Crippen molar-refractivity contribution in [2.45, 2.75) is 24.7 Å². The summed E-state index contributed by atoms with van der Waals surface area (Å²) >= 11 is 5.92. The zero-order valence-corrected chi connectivity index (χ0v) is 11.0. The van der Waals surface area contributed by atoms with E-state index in [0.29, 0.717) is 10.6 Å². The van der Waals surface area contributed by atoms with Gasteiger partial charge in [0.2, 0.25) is 0 Å². The highest BCUT2D eigenvalue weighted by Crippen LogP contribution is 2.35. The summed E-state index contributed by atoms with van der Waals surface area (Å²) in [7, 11) is -3.38. The van der Waals surface area contributed by atoms with E-state index in [4.69, 9.17) is 11.6 Å². The first-order valence-corrected chi connectivity index (χ1v) is 7.07. The predicted octanol–water partition coefficient (Wildman–Crippen LogP) is 2.20. The van der Waals surface area contributed by atoms with Crippen molar-refractivity contribution in [1.29, 1.82) is 0 Å². The fourth-order valence-corrected chi connectivity index (χ4v) is 2.05. The molecule has 0 bridgehead atoms. The first-order chi connectivity index (χ1) is 7.18. The van der Waals surface area contributed by atoms with Crippen LogP contribution in [0, 0.1) is 0 Å². The highest BCUT2D eigenvalue weighted by molar-refractivity contribution is 7.92. The molecular formula is C11H15ClO3S. The van der Waals surface area contributed by atoms with Gasteiger partial charge in [0.1, 0.15) is 0 Å². The van der Waals surface area contributed by atoms with Gasteiger partial charge in [0.15, 0.2) is 9.84 Å². The maximum absolute atomic E-state index is 11.6. The van der Waals surface area contributed by atoms with Crippen molar-refractivity contribution in [3.8, 4) is 0 Å². The maximum atomic E-state index is 11.6. The molecule has 1 unspecified atom stereocenters. The largest absolute Gasteiger partial charge is 0.387 e. The zero-order chi connectivity index (χ0) is 12.6. The molecule has 0 spiro atoms. The van der Waals surface area contributed by atoms with Gasteiger partial charge in [0.05, 0.1) is 10.9 Å². The van der Waals surface area contributed by atoms with Crippen LogP contribution in [0.1, 0.15) is 25.5 Å². The van der Waals surface area contributed by atoms with Crippen molar-refractivity contribution in [2.24, 2.45) is 0 Å². The van der Waals surface area contributed by atoms with E-state index in [1.165, 1.54) is 13.8 Å². The minimum Gasteiger partial charge on any atom is -0.387 e. The van der Waals surface area contributed by atoms with Crippen LogP contribution in [-0.4, -0.2) is 24.5 Å². The standard InChI is InChI=1S/C11H15ClO3S/c1-11(2,16(3,14)15)10(13)8-6-4-5-7-9(8)12/h4-7,10,13H,1-3H3. The van der Waals surface area contributed by atoms with E-state index in [0.717, 1.165) is 6.26 Å². The average Bonchev–Trinajstić information content (AvgIpc) is 2.15. The molecule has 3 nitrogen and oxygen atoms in total. The summed E-state index contributed by atoms with van der Waals surface area (Å²) in [4.78, 5) is 0. The van der Waals surface area contributed by atoms with E-state index in [-0.39, 0.29) is 0 Å². The van der Waals surface area contributed by atoms with Crippen LogP contribution in [0.5, 0.6) is 0 Å². The Kier molecular flexibility index (Phi) is 3.67. The number of rotatable bonds is 3. The molecule has 90 valence electrons. The fraction of sp³-hybridized carbons (Fsp3) is 0.455. The normalized spacial score (nSPS) is 14.8. The minimum atomic E-state index is -3.38. The van der Waals surface area contributed by atoms with Crippen molar-refractivity contribution >= 4 is 21.4 Å². The van der Waals surface area contributed by atoms with E-state index < -0.39 is 20.7 Å². The van der Waals surface area contributed by atoms with Crippen LogP contribution in [0.2, 0.25) is 5.02 Å². The lowest BCUT2D eigenvalue weighted by Crippen LogP contribution is -2.37. The van der Waals surface area contributed by atoms with Crippen molar-refractivity contribution in [2.75, 3.05) is 6.26 Å². The predicted molar refractivity (Wildman–Crippen MR) is 65.3 cm³/mol. The summed E-state index contributed by atoms with van der Waals surface area (Å²) in [6, 6.07) is 6.69. The molecule has 0 aliphatic carbocycles. The monoisotopic (exact) mass is 262 g/mol. The van der Waals surface area contributed by atoms with E-state index in [1.54, 1.807) is 24.3 Å². The first kappa shape index (κ1) is 13.5. The second-order valence-corrected chi connectivity index (χ2v) is 7.30. The van der Waals surface area contributed by atoms with Gasteiger partial charge in [-0.15, -0.1) is 0 Å². The number of hydrogen-bond donors (Lipinski definition) is 1. The van der Waals surface area contributed by atoms with Gasteiger partial charge in [0.25, 0.3) is 0 Å². The summed E-state index contributed by atoms with van der Waals surface area (Å²) in [6.45, 7) is 2.96. The molecule has 1 atom stereocenters. The van der Waals surface area contributed by atoms with Gasteiger partial charge < -0.3 is 5.11 Å². The van der Waals surface area contributed by atoms with E-state index in [9.17, 15) is 13.5 Å². The third-order valence-corrected chi connectivity index (χ3v) is 5.29. The molecule has 1 N–H and O–H groups in total. The molecule has 1 rings (SSSR count). The highest BCUT2D eigenvalue weighted by Gasteiger charge is 2.39. The van der Waals surface area contributed by atoms with Gasteiger partial charge in [-0.05, 0) is 19.9 Å². The molecular weight excluding hydrogens is 248 g/mol. The van der Waals surface area contributed by atoms with Crippen molar-refractivity contribution < 1.29 is 13.5 Å². The molecule has 0 aliphatic heterocycles. The Balaban J connectivity index is 3.23. The average molecular weight is 263 g/mol. The van der Waals surface area contributed by atoms with Crippen molar-refractivity contribution in [1.82, 2.24) is 0 Å². The molecule has 0 radical (unpaired) electrons. The molecule has 5 heteroatoms. The number of hydrogen-bond acceptors (Lipinski definition) is 3. The van der Waals surface area contributed by atoms with Gasteiger partial charge in [-0.2, -0.15) is 0 Å². The summed E-state index contributed by atoms with van der Waals surface area (Å²) in [5, 5.41) is 10.5. The summed E-state index contributed by atoms with van der Waals surface area (Å²) in [5.41, 5.74) is 0.430. The zero-order valence-electron chi connectivity index (χ0n) is 9.44. The van der Waals surface area contributed by atoms with Gasteiger partial charge in [-0.25, -0.2) is 8.42 Å². The van der Waals surface area contributed by atoms with Crippen LogP contribution < -0.4 is 0 Å². The molecule has 0 fully saturated rings. The highest BCUT2D eigenvalue weighted by atomic mass is 35.5. The molecule has 0 heterocycles. The molecule has 1 aromatic carbocycles. The van der Waals surface area contributed by atoms with Gasteiger partial charge in [0, 0.05) is 16.8 Å². The van der Waals surface area contributed by atoms with Crippen LogP contribution in [0.25, 0.3) is 0 Å². The number of aliphatic hydroxyl groups is 1. The Labute approximate surface area is 101 Å². The van der Waals surface area contributed by atoms with Crippen molar-refractivity contribution in [3.05, 3.63) is 34.9 Å². The first-order valence-electron chi connectivity index (χ1n) is 4.80. The van der Waals surface area contributed by atoms with Gasteiger partial charge in [-0.3, -0.25) is 0 Å². The Hall–Kier alpha value is -0.580. The number of benzene rings is 1. The smallest absolute Gasteiger partial charge is 0.155 e. The van der Waals surface area contributed by atoms with Crippen LogP contribution in [0.4, 0.5) is 0 Å².